The van der Waals surface area contributed by atoms with Gasteiger partial charge in [0.05, 0.1) is 17.7 Å². The predicted octanol–water partition coefficient (Wildman–Crippen LogP) is 1.75. The van der Waals surface area contributed by atoms with E-state index in [1.165, 1.54) is 4.68 Å². The van der Waals surface area contributed by atoms with Gasteiger partial charge in [0.25, 0.3) is 5.56 Å². The molecule has 1 aromatic heterocycles. The number of aromatic amines is 1. The number of hydrogen-bond acceptors (Lipinski definition) is 2. The number of aliphatic carboxylic acids is 1. The second kappa shape index (κ2) is 4.70. The van der Waals surface area contributed by atoms with Crippen LogP contribution in [0.3, 0.4) is 0 Å². The monoisotopic (exact) mass is 266 g/mol. The Labute approximate surface area is 108 Å². The molecule has 6 heteroatoms. The Hall–Kier alpha value is -2.01. The molecule has 1 aromatic carbocycles. The largest absolute Gasteiger partial charge is 0.481 e. The first-order valence-electron chi connectivity index (χ1n) is 5.27. The summed E-state index contributed by atoms with van der Waals surface area (Å²) in [5.74, 6) is -1.03. The van der Waals surface area contributed by atoms with Gasteiger partial charge in [-0.1, -0.05) is 11.6 Å². The minimum Gasteiger partial charge on any atom is -0.481 e. The number of benzene rings is 1. The van der Waals surface area contributed by atoms with E-state index in [2.05, 4.69) is 5.10 Å². The van der Waals surface area contributed by atoms with Gasteiger partial charge in [0, 0.05) is 10.7 Å². The highest BCUT2D eigenvalue weighted by atomic mass is 35.5. The van der Waals surface area contributed by atoms with E-state index in [1.54, 1.807) is 31.2 Å². The zero-order valence-corrected chi connectivity index (χ0v) is 10.4. The molecule has 2 rings (SSSR count). The van der Waals surface area contributed by atoms with Crippen LogP contribution in [0.25, 0.3) is 5.69 Å². The summed E-state index contributed by atoms with van der Waals surface area (Å²) < 4.78 is 1.31. The molecule has 18 heavy (non-hydrogen) atoms. The summed E-state index contributed by atoms with van der Waals surface area (Å²) in [5.41, 5.74) is 1.08. The molecule has 0 unspecified atom stereocenters. The van der Waals surface area contributed by atoms with E-state index in [0.29, 0.717) is 16.4 Å². The average molecular weight is 267 g/mol. The van der Waals surface area contributed by atoms with Gasteiger partial charge in [-0.2, -0.15) is 0 Å². The zero-order chi connectivity index (χ0) is 13.3. The van der Waals surface area contributed by atoms with Crippen LogP contribution in [0.1, 0.15) is 11.3 Å². The number of nitrogens with zero attached hydrogens (tertiary/aromatic N) is 1. The van der Waals surface area contributed by atoms with Gasteiger partial charge < -0.3 is 5.11 Å². The van der Waals surface area contributed by atoms with Gasteiger partial charge >= 0.3 is 5.97 Å². The number of carboxylic acid groups (broad SMARTS) is 1. The fourth-order valence-corrected chi connectivity index (χ4v) is 1.84. The first-order valence-corrected chi connectivity index (χ1v) is 5.65. The van der Waals surface area contributed by atoms with Crippen LogP contribution in [0.15, 0.2) is 29.1 Å². The fourth-order valence-electron chi connectivity index (χ4n) is 1.71. The molecule has 0 saturated heterocycles. The van der Waals surface area contributed by atoms with Crippen molar-refractivity contribution in [3.05, 3.63) is 50.9 Å². The van der Waals surface area contributed by atoms with E-state index in [-0.39, 0.29) is 17.5 Å². The first-order chi connectivity index (χ1) is 8.49. The number of aromatic nitrogens is 2. The van der Waals surface area contributed by atoms with Crippen molar-refractivity contribution < 1.29 is 9.90 Å². The van der Waals surface area contributed by atoms with Crippen molar-refractivity contribution >= 4 is 17.6 Å². The van der Waals surface area contributed by atoms with Gasteiger partial charge in [-0.3, -0.25) is 14.7 Å². The minimum atomic E-state index is -1.03. The first kappa shape index (κ1) is 12.4. The molecule has 0 saturated carbocycles. The molecule has 0 aliphatic carbocycles. The van der Waals surface area contributed by atoms with E-state index >= 15 is 0 Å². The standard InChI is InChI=1S/C12H11ClN2O3/c1-7-10(6-11(16)17)12(18)15(14-7)9-4-2-8(13)3-5-9/h2-5,14H,6H2,1H3,(H,16,17). The van der Waals surface area contributed by atoms with Crippen LogP contribution >= 0.6 is 11.6 Å². The third-order valence-corrected chi connectivity index (χ3v) is 2.86. The van der Waals surface area contributed by atoms with E-state index < -0.39 is 5.97 Å². The highest BCUT2D eigenvalue weighted by Gasteiger charge is 2.14. The van der Waals surface area contributed by atoms with E-state index in [4.69, 9.17) is 16.7 Å². The summed E-state index contributed by atoms with van der Waals surface area (Å²) in [5, 5.41) is 12.2. The third kappa shape index (κ3) is 2.31. The second-order valence-electron chi connectivity index (χ2n) is 3.90. The van der Waals surface area contributed by atoms with E-state index in [0.717, 1.165) is 0 Å². The predicted molar refractivity (Wildman–Crippen MR) is 67.5 cm³/mol. The quantitative estimate of drug-likeness (QED) is 0.889. The molecular formula is C12H11ClN2O3. The molecule has 1 heterocycles. The molecule has 0 atom stereocenters. The molecule has 0 bridgehead atoms. The van der Waals surface area contributed by atoms with E-state index in [9.17, 15) is 9.59 Å². The molecular weight excluding hydrogens is 256 g/mol. The molecule has 0 aliphatic heterocycles. The molecule has 0 aliphatic rings. The van der Waals surface area contributed by atoms with Crippen LogP contribution in [0.5, 0.6) is 0 Å². The molecule has 0 spiro atoms. The number of carboxylic acids is 1. The maximum Gasteiger partial charge on any atom is 0.308 e. The van der Waals surface area contributed by atoms with Crippen molar-refractivity contribution in [2.24, 2.45) is 0 Å². The van der Waals surface area contributed by atoms with Crippen LogP contribution in [0, 0.1) is 6.92 Å². The van der Waals surface area contributed by atoms with Crippen LogP contribution in [0.2, 0.25) is 5.02 Å². The van der Waals surface area contributed by atoms with Gasteiger partial charge in [-0.15, -0.1) is 0 Å². The average Bonchev–Trinajstić information content (AvgIpc) is 2.58. The Bertz CT molecular complexity index is 640. The lowest BCUT2D eigenvalue weighted by molar-refractivity contribution is -0.136. The number of halogens is 1. The molecule has 0 fully saturated rings. The summed E-state index contributed by atoms with van der Waals surface area (Å²) in [4.78, 5) is 22.7. The van der Waals surface area contributed by atoms with Gasteiger partial charge in [0.2, 0.25) is 0 Å². The van der Waals surface area contributed by atoms with Crippen molar-refractivity contribution in [3.8, 4) is 5.69 Å². The topological polar surface area (TPSA) is 75.1 Å². The summed E-state index contributed by atoms with van der Waals surface area (Å²) in [6, 6.07) is 6.70. The summed E-state index contributed by atoms with van der Waals surface area (Å²) in [6.45, 7) is 1.67. The Morgan fingerprint density at radius 1 is 1.39 bits per heavy atom. The van der Waals surface area contributed by atoms with Crippen LogP contribution in [0.4, 0.5) is 0 Å². The summed E-state index contributed by atoms with van der Waals surface area (Å²) in [7, 11) is 0. The van der Waals surface area contributed by atoms with Crippen molar-refractivity contribution in [3.63, 3.8) is 0 Å². The maximum atomic E-state index is 12.0. The summed E-state index contributed by atoms with van der Waals surface area (Å²) in [6.07, 6.45) is -0.290. The molecule has 94 valence electrons. The Kier molecular flexibility index (Phi) is 3.25. The van der Waals surface area contributed by atoms with Gasteiger partial charge in [-0.25, -0.2) is 4.68 Å². The SMILES string of the molecule is Cc1[nH]n(-c2ccc(Cl)cc2)c(=O)c1CC(=O)O. The van der Waals surface area contributed by atoms with Gasteiger partial charge in [-0.05, 0) is 31.2 Å². The van der Waals surface area contributed by atoms with Crippen molar-refractivity contribution in [2.75, 3.05) is 0 Å². The number of rotatable bonds is 3. The summed E-state index contributed by atoms with van der Waals surface area (Å²) >= 11 is 5.77. The lowest BCUT2D eigenvalue weighted by atomic mass is 10.2. The maximum absolute atomic E-state index is 12.0. The van der Waals surface area contributed by atoms with Gasteiger partial charge in [0.1, 0.15) is 0 Å². The molecule has 2 N–H and O–H groups in total. The zero-order valence-electron chi connectivity index (χ0n) is 9.61. The Morgan fingerprint density at radius 3 is 2.56 bits per heavy atom. The number of nitrogens with one attached hydrogen (secondary N) is 1. The minimum absolute atomic E-state index is 0.262. The molecule has 0 amide bonds. The van der Waals surface area contributed by atoms with Crippen molar-refractivity contribution in [1.82, 2.24) is 9.78 Å². The lowest BCUT2D eigenvalue weighted by Gasteiger charge is -2.00. The van der Waals surface area contributed by atoms with Crippen LogP contribution in [-0.4, -0.2) is 20.9 Å². The lowest BCUT2D eigenvalue weighted by Crippen LogP contribution is -2.19. The highest BCUT2D eigenvalue weighted by Crippen LogP contribution is 2.12. The second-order valence-corrected chi connectivity index (χ2v) is 4.34. The molecule has 5 nitrogen and oxygen atoms in total. The highest BCUT2D eigenvalue weighted by molar-refractivity contribution is 6.30. The Morgan fingerprint density at radius 2 is 2.00 bits per heavy atom. The Balaban J connectivity index is 2.50. The fraction of sp³-hybridized carbons (Fsp3) is 0.167. The number of aryl methyl sites for hydroxylation is 1. The molecule has 2 aromatic rings. The molecule has 0 radical (unpaired) electrons. The van der Waals surface area contributed by atoms with Crippen molar-refractivity contribution in [1.29, 1.82) is 0 Å². The van der Waals surface area contributed by atoms with Crippen LogP contribution in [-0.2, 0) is 11.2 Å². The normalized spacial score (nSPS) is 10.6. The van der Waals surface area contributed by atoms with E-state index in [1.807, 2.05) is 0 Å². The van der Waals surface area contributed by atoms with Crippen LogP contribution < -0.4 is 5.56 Å². The number of H-pyrrole nitrogens is 1. The number of carbonyl (C=O) groups is 1. The smallest absolute Gasteiger partial charge is 0.308 e. The third-order valence-electron chi connectivity index (χ3n) is 2.61. The van der Waals surface area contributed by atoms with Gasteiger partial charge in [0.15, 0.2) is 0 Å². The van der Waals surface area contributed by atoms with Crippen molar-refractivity contribution in [2.45, 2.75) is 13.3 Å². The number of hydrogen-bond donors (Lipinski definition) is 2.